The van der Waals surface area contributed by atoms with E-state index in [1.165, 1.54) is 11.1 Å². The first kappa shape index (κ1) is 16.8. The second kappa shape index (κ2) is 6.92. The fourth-order valence-corrected chi connectivity index (χ4v) is 3.66. The Balaban J connectivity index is 1.52. The van der Waals surface area contributed by atoms with E-state index in [1.807, 2.05) is 18.2 Å². The van der Waals surface area contributed by atoms with E-state index < -0.39 is 0 Å². The van der Waals surface area contributed by atoms with E-state index in [2.05, 4.69) is 53.2 Å². The number of aromatic hydroxyl groups is 1. The lowest BCUT2D eigenvalue weighted by Gasteiger charge is -2.30. The van der Waals surface area contributed by atoms with Crippen LogP contribution in [0.3, 0.4) is 0 Å². The Labute approximate surface area is 153 Å². The van der Waals surface area contributed by atoms with Crippen molar-refractivity contribution in [2.45, 2.75) is 38.8 Å². The molecule has 1 aliphatic rings. The Morgan fingerprint density at radius 2 is 2.00 bits per heavy atom. The molecule has 3 aromatic rings. The van der Waals surface area contributed by atoms with E-state index in [0.717, 1.165) is 37.1 Å². The lowest BCUT2D eigenvalue weighted by atomic mass is 9.92. The number of fused-ring (bicyclic) bond motifs is 1. The second-order valence-electron chi connectivity index (χ2n) is 7.15. The van der Waals surface area contributed by atoms with Crippen molar-refractivity contribution in [3.8, 4) is 11.7 Å². The van der Waals surface area contributed by atoms with Crippen LogP contribution in [0, 0.1) is 6.92 Å². The standard InChI is InChI=1S/C21H24N4O/c1-15-6-8-16(9-7-15)14-24(2)17-10-11-19-18(13-17)21(26)25(23-19)20-5-3-4-12-22-20/h3-9,12,17,26H,10-11,13-14H2,1-2H3. The van der Waals surface area contributed by atoms with Crippen molar-refractivity contribution < 1.29 is 5.11 Å². The first-order chi connectivity index (χ1) is 12.6. The van der Waals surface area contributed by atoms with Gasteiger partial charge in [-0.3, -0.25) is 4.90 Å². The van der Waals surface area contributed by atoms with Crippen molar-refractivity contribution in [1.29, 1.82) is 0 Å². The van der Waals surface area contributed by atoms with Crippen molar-refractivity contribution >= 4 is 0 Å². The summed E-state index contributed by atoms with van der Waals surface area (Å²) in [4.78, 5) is 6.68. The van der Waals surface area contributed by atoms with E-state index in [0.29, 0.717) is 11.9 Å². The second-order valence-corrected chi connectivity index (χ2v) is 7.15. The van der Waals surface area contributed by atoms with Crippen molar-refractivity contribution in [3.63, 3.8) is 0 Å². The molecule has 0 amide bonds. The van der Waals surface area contributed by atoms with Gasteiger partial charge in [0.1, 0.15) is 0 Å². The van der Waals surface area contributed by atoms with Gasteiger partial charge in [0.05, 0.1) is 5.69 Å². The molecule has 4 rings (SSSR count). The van der Waals surface area contributed by atoms with E-state index in [9.17, 15) is 5.11 Å². The molecule has 2 heterocycles. The van der Waals surface area contributed by atoms with Crippen molar-refractivity contribution in [3.05, 3.63) is 71.0 Å². The molecule has 0 bridgehead atoms. The molecule has 26 heavy (non-hydrogen) atoms. The van der Waals surface area contributed by atoms with Crippen LogP contribution in [0.2, 0.25) is 0 Å². The number of aromatic nitrogens is 3. The van der Waals surface area contributed by atoms with Gasteiger partial charge in [-0.1, -0.05) is 35.9 Å². The summed E-state index contributed by atoms with van der Waals surface area (Å²) >= 11 is 0. The molecule has 1 aromatic carbocycles. The van der Waals surface area contributed by atoms with Gasteiger partial charge < -0.3 is 5.11 Å². The Morgan fingerprint density at radius 3 is 2.73 bits per heavy atom. The average molecular weight is 348 g/mol. The number of hydrogen-bond acceptors (Lipinski definition) is 4. The first-order valence-corrected chi connectivity index (χ1v) is 9.09. The van der Waals surface area contributed by atoms with Crippen LogP contribution in [-0.2, 0) is 19.4 Å². The third kappa shape index (κ3) is 3.22. The fraction of sp³-hybridized carbons (Fsp3) is 0.333. The topological polar surface area (TPSA) is 54.2 Å². The van der Waals surface area contributed by atoms with Crippen LogP contribution in [0.1, 0.15) is 28.8 Å². The number of nitrogens with zero attached hydrogens (tertiary/aromatic N) is 4. The molecule has 1 N–H and O–H groups in total. The molecule has 134 valence electrons. The molecule has 0 saturated heterocycles. The summed E-state index contributed by atoms with van der Waals surface area (Å²) in [5, 5.41) is 15.3. The van der Waals surface area contributed by atoms with Gasteiger partial charge in [-0.05, 0) is 50.9 Å². The van der Waals surface area contributed by atoms with E-state index >= 15 is 0 Å². The Bertz CT molecular complexity index is 886. The molecule has 5 nitrogen and oxygen atoms in total. The highest BCUT2D eigenvalue weighted by atomic mass is 16.3. The third-order valence-electron chi connectivity index (χ3n) is 5.24. The van der Waals surface area contributed by atoms with Crippen LogP contribution in [-0.4, -0.2) is 37.9 Å². The van der Waals surface area contributed by atoms with Crippen LogP contribution in [0.4, 0.5) is 0 Å². The van der Waals surface area contributed by atoms with Gasteiger partial charge in [0.2, 0.25) is 5.88 Å². The van der Waals surface area contributed by atoms with Gasteiger partial charge in [-0.15, -0.1) is 0 Å². The Hall–Kier alpha value is -2.66. The highest BCUT2D eigenvalue weighted by molar-refractivity contribution is 5.39. The molecule has 1 aliphatic carbocycles. The maximum atomic E-state index is 10.7. The van der Waals surface area contributed by atoms with Gasteiger partial charge in [-0.2, -0.15) is 9.78 Å². The van der Waals surface area contributed by atoms with Gasteiger partial charge in [0.25, 0.3) is 0 Å². The minimum atomic E-state index is 0.229. The molecule has 0 radical (unpaired) electrons. The third-order valence-corrected chi connectivity index (χ3v) is 5.24. The average Bonchev–Trinajstić information content (AvgIpc) is 3.00. The first-order valence-electron chi connectivity index (χ1n) is 9.09. The highest BCUT2D eigenvalue weighted by Crippen LogP contribution is 2.32. The Kier molecular flexibility index (Phi) is 4.47. The minimum absolute atomic E-state index is 0.229. The molecule has 0 aliphatic heterocycles. The smallest absolute Gasteiger partial charge is 0.219 e. The summed E-state index contributed by atoms with van der Waals surface area (Å²) < 4.78 is 1.56. The number of likely N-dealkylation sites (N-methyl/N-ethyl adjacent to an activating group) is 1. The summed E-state index contributed by atoms with van der Waals surface area (Å²) in [6.45, 7) is 3.02. The van der Waals surface area contributed by atoms with E-state index in [-0.39, 0.29) is 5.88 Å². The van der Waals surface area contributed by atoms with Gasteiger partial charge in [-0.25, -0.2) is 4.98 Å². The molecular weight excluding hydrogens is 324 g/mol. The van der Waals surface area contributed by atoms with Crippen LogP contribution < -0.4 is 0 Å². The summed E-state index contributed by atoms with van der Waals surface area (Å²) in [6.07, 6.45) is 4.46. The van der Waals surface area contributed by atoms with Crippen molar-refractivity contribution in [2.75, 3.05) is 7.05 Å². The molecule has 5 heteroatoms. The fourth-order valence-electron chi connectivity index (χ4n) is 3.66. The maximum absolute atomic E-state index is 10.7. The zero-order chi connectivity index (χ0) is 18.1. The SMILES string of the molecule is Cc1ccc(CN(C)C2CCc3nn(-c4ccccn4)c(O)c3C2)cc1. The van der Waals surface area contributed by atoms with Crippen LogP contribution in [0.25, 0.3) is 5.82 Å². The van der Waals surface area contributed by atoms with Gasteiger partial charge in [0, 0.05) is 24.3 Å². The normalized spacial score (nSPS) is 16.7. The number of hydrogen-bond donors (Lipinski definition) is 1. The predicted octanol–water partition coefficient (Wildman–Crippen LogP) is 3.27. The molecule has 0 fully saturated rings. The molecule has 0 spiro atoms. The number of benzene rings is 1. The van der Waals surface area contributed by atoms with Gasteiger partial charge >= 0.3 is 0 Å². The van der Waals surface area contributed by atoms with Crippen LogP contribution >= 0.6 is 0 Å². The largest absolute Gasteiger partial charge is 0.493 e. The van der Waals surface area contributed by atoms with E-state index in [4.69, 9.17) is 0 Å². The lowest BCUT2D eigenvalue weighted by molar-refractivity contribution is 0.212. The van der Waals surface area contributed by atoms with Crippen molar-refractivity contribution in [1.82, 2.24) is 19.7 Å². The molecule has 1 unspecified atom stereocenters. The van der Waals surface area contributed by atoms with Crippen molar-refractivity contribution in [2.24, 2.45) is 0 Å². The number of rotatable bonds is 4. The molecular formula is C21H24N4O. The van der Waals surface area contributed by atoms with Crippen LogP contribution in [0.15, 0.2) is 48.7 Å². The number of aryl methyl sites for hydroxylation is 2. The molecule has 0 saturated carbocycles. The van der Waals surface area contributed by atoms with E-state index in [1.54, 1.807) is 10.9 Å². The van der Waals surface area contributed by atoms with Crippen LogP contribution in [0.5, 0.6) is 5.88 Å². The summed E-state index contributed by atoms with van der Waals surface area (Å²) in [5.41, 5.74) is 4.55. The quantitative estimate of drug-likeness (QED) is 0.786. The molecule has 1 atom stereocenters. The monoisotopic (exact) mass is 348 g/mol. The zero-order valence-electron chi connectivity index (χ0n) is 15.3. The van der Waals surface area contributed by atoms with Gasteiger partial charge in [0.15, 0.2) is 5.82 Å². The highest BCUT2D eigenvalue weighted by Gasteiger charge is 2.28. The summed E-state index contributed by atoms with van der Waals surface area (Å²) in [6, 6.07) is 14.7. The summed E-state index contributed by atoms with van der Waals surface area (Å²) in [7, 11) is 2.16. The molecule has 2 aromatic heterocycles. The summed E-state index contributed by atoms with van der Waals surface area (Å²) in [5.74, 6) is 0.885. The zero-order valence-corrected chi connectivity index (χ0v) is 15.3. The maximum Gasteiger partial charge on any atom is 0.219 e. The minimum Gasteiger partial charge on any atom is -0.493 e. The number of pyridine rings is 1. The predicted molar refractivity (Wildman–Crippen MR) is 101 cm³/mol. The lowest BCUT2D eigenvalue weighted by Crippen LogP contribution is -2.35. The Morgan fingerprint density at radius 1 is 1.19 bits per heavy atom.